The third-order valence-electron chi connectivity index (χ3n) is 10.2. The average molecular weight is 684 g/mol. The number of aliphatic hydroxyl groups excluding tert-OH is 2. The van der Waals surface area contributed by atoms with E-state index in [2.05, 4.69) is 15.2 Å². The number of carbonyl (C=O) groups excluding carboxylic acids is 1. The summed E-state index contributed by atoms with van der Waals surface area (Å²) in [6, 6.07) is 25.1. The number of aromatic nitrogens is 1. The van der Waals surface area contributed by atoms with E-state index in [1.54, 1.807) is 12.1 Å². The van der Waals surface area contributed by atoms with Gasteiger partial charge in [0.25, 0.3) is 0 Å². The summed E-state index contributed by atoms with van der Waals surface area (Å²) >= 11 is 0. The Morgan fingerprint density at radius 1 is 0.860 bits per heavy atom. The number of likely N-dealkylation sites (tertiary alicyclic amines) is 1. The summed E-state index contributed by atoms with van der Waals surface area (Å²) in [6.45, 7) is 4.43. The molecule has 1 fully saturated rings. The fraction of sp³-hybridized carbons (Fsp3) is 0.463. The lowest BCUT2D eigenvalue weighted by molar-refractivity contribution is -0.152. The number of rotatable bonds is 19. The largest absolute Gasteiger partial charge is 0.506 e. The molecule has 9 heteroatoms. The standard InChI is InChI=1S/C41H53N3O6/c45-30-41(32-14-8-6-9-15-32,33-16-10-7-11-17-33)40(49)50-29-31-22-26-44(27-23-31)25-13-5-3-1-2-4-12-24-42-28-37(47)34-18-20-36(46)39-35(34)19-21-38(48)43-39/h6-11,14-21,31,37,42,45-47H,1-5,12-13,22-30H2,(H,43,48)/t37-/m0/s1. The number of aromatic hydroxyl groups is 1. The minimum Gasteiger partial charge on any atom is -0.506 e. The molecule has 0 bridgehead atoms. The molecule has 4 aromatic rings. The number of nitrogens with zero attached hydrogens (tertiary/aromatic N) is 1. The first-order valence-corrected chi connectivity index (χ1v) is 18.3. The summed E-state index contributed by atoms with van der Waals surface area (Å²) in [5.74, 6) is -0.0703. The van der Waals surface area contributed by atoms with E-state index in [1.165, 1.54) is 44.2 Å². The minimum absolute atomic E-state index is 0.00556. The molecule has 1 aromatic heterocycles. The van der Waals surface area contributed by atoms with Crippen molar-refractivity contribution in [3.05, 3.63) is 112 Å². The molecular weight excluding hydrogens is 630 g/mol. The Morgan fingerprint density at radius 3 is 2.12 bits per heavy atom. The molecule has 0 spiro atoms. The van der Waals surface area contributed by atoms with Crippen molar-refractivity contribution in [1.29, 1.82) is 0 Å². The van der Waals surface area contributed by atoms with Gasteiger partial charge in [0.2, 0.25) is 5.56 Å². The number of phenolic OH excluding ortho intramolecular Hbond substituents is 1. The van der Waals surface area contributed by atoms with Crippen molar-refractivity contribution in [2.75, 3.05) is 45.9 Å². The van der Waals surface area contributed by atoms with Crippen LogP contribution in [0.15, 0.2) is 89.7 Å². The van der Waals surface area contributed by atoms with E-state index < -0.39 is 17.5 Å². The molecule has 3 aromatic carbocycles. The van der Waals surface area contributed by atoms with Gasteiger partial charge in [0.05, 0.1) is 24.8 Å². The van der Waals surface area contributed by atoms with Crippen LogP contribution in [0.1, 0.15) is 80.6 Å². The van der Waals surface area contributed by atoms with Crippen molar-refractivity contribution in [3.8, 4) is 5.75 Å². The zero-order chi connectivity index (χ0) is 35.2. The van der Waals surface area contributed by atoms with Crippen molar-refractivity contribution in [1.82, 2.24) is 15.2 Å². The Hall–Kier alpha value is -4.02. The quantitative estimate of drug-likeness (QED) is 0.0617. The number of fused-ring (bicyclic) bond motifs is 1. The molecule has 50 heavy (non-hydrogen) atoms. The first kappa shape index (κ1) is 37.2. The highest BCUT2D eigenvalue weighted by atomic mass is 16.5. The van der Waals surface area contributed by atoms with Crippen LogP contribution in [0.25, 0.3) is 10.9 Å². The fourth-order valence-electron chi connectivity index (χ4n) is 7.16. The van der Waals surface area contributed by atoms with Crippen LogP contribution in [-0.4, -0.2) is 77.1 Å². The molecule has 2 heterocycles. The molecule has 5 rings (SSSR count). The number of piperidine rings is 1. The summed E-state index contributed by atoms with van der Waals surface area (Å²) in [7, 11) is 0. The summed E-state index contributed by atoms with van der Waals surface area (Å²) < 4.78 is 5.95. The molecule has 0 radical (unpaired) electrons. The highest BCUT2D eigenvalue weighted by Gasteiger charge is 2.43. The molecule has 0 aliphatic carbocycles. The van der Waals surface area contributed by atoms with Crippen LogP contribution in [0.4, 0.5) is 0 Å². The Kier molecular flexibility index (Phi) is 14.0. The molecule has 1 aliphatic rings. The number of ether oxygens (including phenoxy) is 1. The van der Waals surface area contributed by atoms with Crippen molar-refractivity contribution < 1.29 is 24.9 Å². The predicted octanol–water partition coefficient (Wildman–Crippen LogP) is 5.82. The van der Waals surface area contributed by atoms with Gasteiger partial charge in [0.15, 0.2) is 0 Å². The topological polar surface area (TPSA) is 135 Å². The molecule has 0 amide bonds. The number of hydrogen-bond acceptors (Lipinski definition) is 8. The zero-order valence-electron chi connectivity index (χ0n) is 29.1. The normalized spacial score (nSPS) is 14.9. The molecule has 5 N–H and O–H groups in total. The number of aromatic amines is 1. The van der Waals surface area contributed by atoms with E-state index in [4.69, 9.17) is 4.74 Å². The maximum absolute atomic E-state index is 13.6. The zero-order valence-corrected chi connectivity index (χ0v) is 29.1. The first-order chi connectivity index (χ1) is 24.4. The smallest absolute Gasteiger partial charge is 0.323 e. The minimum atomic E-state index is -1.24. The van der Waals surface area contributed by atoms with Gasteiger partial charge in [-0.15, -0.1) is 0 Å². The van der Waals surface area contributed by atoms with Crippen LogP contribution in [-0.2, 0) is 14.9 Å². The molecule has 9 nitrogen and oxygen atoms in total. The Balaban J connectivity index is 0.909. The predicted molar refractivity (Wildman–Crippen MR) is 197 cm³/mol. The van der Waals surface area contributed by atoms with Crippen LogP contribution < -0.4 is 10.9 Å². The van der Waals surface area contributed by atoms with Gasteiger partial charge in [-0.25, -0.2) is 0 Å². The first-order valence-electron chi connectivity index (χ1n) is 18.3. The van der Waals surface area contributed by atoms with Gasteiger partial charge in [0, 0.05) is 18.0 Å². The number of phenols is 1. The Labute approximate surface area is 295 Å². The number of esters is 1. The van der Waals surface area contributed by atoms with Crippen molar-refractivity contribution in [3.63, 3.8) is 0 Å². The number of H-pyrrole nitrogens is 1. The molecular formula is C41H53N3O6. The van der Waals surface area contributed by atoms with Crippen LogP contribution in [0.5, 0.6) is 5.75 Å². The maximum Gasteiger partial charge on any atom is 0.323 e. The van der Waals surface area contributed by atoms with Gasteiger partial charge in [0.1, 0.15) is 11.2 Å². The Bertz CT molecular complexity index is 1630. The monoisotopic (exact) mass is 683 g/mol. The van der Waals surface area contributed by atoms with Gasteiger partial charge < -0.3 is 35.3 Å². The van der Waals surface area contributed by atoms with E-state index in [1.807, 2.05) is 60.7 Å². The van der Waals surface area contributed by atoms with E-state index in [0.717, 1.165) is 63.0 Å². The molecule has 1 saturated heterocycles. The second kappa shape index (κ2) is 18.8. The number of unbranched alkanes of at least 4 members (excludes halogenated alkanes) is 6. The number of pyridine rings is 1. The Morgan fingerprint density at radius 2 is 1.48 bits per heavy atom. The van der Waals surface area contributed by atoms with E-state index in [-0.39, 0.29) is 17.9 Å². The molecule has 268 valence electrons. The van der Waals surface area contributed by atoms with Gasteiger partial charge in [-0.05, 0) is 86.6 Å². The van der Waals surface area contributed by atoms with Gasteiger partial charge in [-0.3, -0.25) is 9.59 Å². The lowest BCUT2D eigenvalue weighted by Crippen LogP contribution is -2.43. The summed E-state index contributed by atoms with van der Waals surface area (Å²) in [5, 5.41) is 35.3. The van der Waals surface area contributed by atoms with E-state index >= 15 is 0 Å². The number of carbonyl (C=O) groups is 1. The van der Waals surface area contributed by atoms with Gasteiger partial charge in [-0.2, -0.15) is 0 Å². The van der Waals surface area contributed by atoms with Gasteiger partial charge >= 0.3 is 5.97 Å². The lowest BCUT2D eigenvalue weighted by atomic mass is 9.75. The van der Waals surface area contributed by atoms with Crippen LogP contribution >= 0.6 is 0 Å². The highest BCUT2D eigenvalue weighted by molar-refractivity contribution is 5.88. The van der Waals surface area contributed by atoms with Crippen LogP contribution in [0.2, 0.25) is 0 Å². The van der Waals surface area contributed by atoms with E-state index in [0.29, 0.717) is 35.5 Å². The second-order valence-corrected chi connectivity index (χ2v) is 13.7. The average Bonchev–Trinajstić information content (AvgIpc) is 3.15. The summed E-state index contributed by atoms with van der Waals surface area (Å²) in [6.07, 6.45) is 9.60. The summed E-state index contributed by atoms with van der Waals surface area (Å²) in [4.78, 5) is 30.4. The maximum atomic E-state index is 13.6. The SMILES string of the molecule is O=C(OCC1CCN(CCCCCCCCCNC[C@H](O)c2ccc(O)c3[nH]c(=O)ccc23)CC1)C(CO)(c1ccccc1)c1ccccc1. The van der Waals surface area contributed by atoms with E-state index in [9.17, 15) is 24.9 Å². The lowest BCUT2D eigenvalue weighted by Gasteiger charge is -2.34. The fourth-order valence-corrected chi connectivity index (χ4v) is 7.16. The third-order valence-corrected chi connectivity index (χ3v) is 10.2. The summed E-state index contributed by atoms with van der Waals surface area (Å²) in [5.41, 5.74) is 0.978. The second-order valence-electron chi connectivity index (χ2n) is 13.7. The van der Waals surface area contributed by atoms with Crippen molar-refractivity contribution >= 4 is 16.9 Å². The number of nitrogens with one attached hydrogen (secondary N) is 2. The van der Waals surface area contributed by atoms with Crippen LogP contribution in [0, 0.1) is 5.92 Å². The number of benzene rings is 3. The molecule has 0 saturated carbocycles. The van der Waals surface area contributed by atoms with Gasteiger partial charge in [-0.1, -0.05) is 98.8 Å². The number of aliphatic hydroxyl groups is 2. The third kappa shape index (κ3) is 9.60. The number of hydrogen-bond donors (Lipinski definition) is 5. The molecule has 1 aliphatic heterocycles. The molecule has 1 atom stereocenters. The van der Waals surface area contributed by atoms with Crippen molar-refractivity contribution in [2.24, 2.45) is 5.92 Å². The molecule has 0 unspecified atom stereocenters. The van der Waals surface area contributed by atoms with Crippen LogP contribution in [0.3, 0.4) is 0 Å². The van der Waals surface area contributed by atoms with Crippen molar-refractivity contribution in [2.45, 2.75) is 69.3 Å². The highest BCUT2D eigenvalue weighted by Crippen LogP contribution is 2.34.